The number of carbonyl (C=O) groups excluding carboxylic acids is 1. The standard InChI is InChI=1S/C16H24N2O.ClH/c1-3-6-14(17)16(19)18-10-5-9-15(18)13-8-4-7-12(2)11-13;/h4,7-8,11,14-15H,3,5-6,9-10,17H2,1-2H3;1H. The second-order valence-electron chi connectivity index (χ2n) is 5.50. The van der Waals surface area contributed by atoms with Crippen molar-refractivity contribution in [2.24, 2.45) is 5.73 Å². The van der Waals surface area contributed by atoms with Gasteiger partial charge in [0.25, 0.3) is 0 Å². The number of benzene rings is 1. The van der Waals surface area contributed by atoms with Crippen molar-refractivity contribution in [2.75, 3.05) is 6.54 Å². The molecule has 1 fully saturated rings. The number of hydrogen-bond acceptors (Lipinski definition) is 2. The first-order valence-corrected chi connectivity index (χ1v) is 7.26. The molecule has 0 saturated carbocycles. The lowest BCUT2D eigenvalue weighted by atomic mass is 10.0. The van der Waals surface area contributed by atoms with Crippen LogP contribution in [0.15, 0.2) is 24.3 Å². The lowest BCUT2D eigenvalue weighted by Crippen LogP contribution is -2.43. The van der Waals surface area contributed by atoms with Crippen LogP contribution in [0.3, 0.4) is 0 Å². The molecule has 2 N–H and O–H groups in total. The average Bonchev–Trinajstić information content (AvgIpc) is 2.87. The summed E-state index contributed by atoms with van der Waals surface area (Å²) in [6.45, 7) is 5.00. The summed E-state index contributed by atoms with van der Waals surface area (Å²) in [4.78, 5) is 14.4. The highest BCUT2D eigenvalue weighted by Crippen LogP contribution is 2.32. The molecule has 112 valence electrons. The number of likely N-dealkylation sites (tertiary alicyclic amines) is 1. The first-order valence-electron chi connectivity index (χ1n) is 7.26. The zero-order valence-corrected chi connectivity index (χ0v) is 13.2. The molecule has 20 heavy (non-hydrogen) atoms. The van der Waals surface area contributed by atoms with Crippen LogP contribution in [0.25, 0.3) is 0 Å². The van der Waals surface area contributed by atoms with Crippen molar-refractivity contribution in [3.63, 3.8) is 0 Å². The third-order valence-corrected chi connectivity index (χ3v) is 3.88. The van der Waals surface area contributed by atoms with Crippen LogP contribution in [0.2, 0.25) is 0 Å². The fourth-order valence-electron chi connectivity index (χ4n) is 2.90. The van der Waals surface area contributed by atoms with E-state index in [1.165, 1.54) is 11.1 Å². The molecule has 0 aliphatic carbocycles. The summed E-state index contributed by atoms with van der Waals surface area (Å²) in [5, 5.41) is 0. The Morgan fingerprint density at radius 1 is 1.50 bits per heavy atom. The van der Waals surface area contributed by atoms with E-state index < -0.39 is 0 Å². The Kier molecular flexibility index (Phi) is 6.50. The van der Waals surface area contributed by atoms with Crippen LogP contribution in [0.1, 0.15) is 49.8 Å². The third kappa shape index (κ3) is 3.74. The number of rotatable bonds is 4. The molecule has 1 aliphatic rings. The summed E-state index contributed by atoms with van der Waals surface area (Å²) in [5.41, 5.74) is 8.48. The zero-order chi connectivity index (χ0) is 13.8. The molecule has 1 saturated heterocycles. The van der Waals surface area contributed by atoms with Crippen LogP contribution in [0.4, 0.5) is 0 Å². The van der Waals surface area contributed by atoms with Crippen LogP contribution in [0, 0.1) is 6.92 Å². The monoisotopic (exact) mass is 296 g/mol. The second-order valence-corrected chi connectivity index (χ2v) is 5.50. The van der Waals surface area contributed by atoms with Gasteiger partial charge < -0.3 is 10.6 Å². The van der Waals surface area contributed by atoms with E-state index in [4.69, 9.17) is 5.73 Å². The van der Waals surface area contributed by atoms with Crippen molar-refractivity contribution in [2.45, 2.75) is 51.6 Å². The minimum absolute atomic E-state index is 0. The van der Waals surface area contributed by atoms with E-state index in [-0.39, 0.29) is 30.4 Å². The minimum Gasteiger partial charge on any atom is -0.334 e. The van der Waals surface area contributed by atoms with E-state index in [1.54, 1.807) is 0 Å². The van der Waals surface area contributed by atoms with Gasteiger partial charge >= 0.3 is 0 Å². The molecular formula is C16H25ClN2O. The molecule has 1 heterocycles. The lowest BCUT2D eigenvalue weighted by Gasteiger charge is -2.28. The van der Waals surface area contributed by atoms with Gasteiger partial charge in [0.05, 0.1) is 12.1 Å². The van der Waals surface area contributed by atoms with Gasteiger partial charge in [-0.05, 0) is 31.7 Å². The van der Waals surface area contributed by atoms with E-state index in [9.17, 15) is 4.79 Å². The van der Waals surface area contributed by atoms with E-state index in [1.807, 2.05) is 4.90 Å². The van der Waals surface area contributed by atoms with Crippen molar-refractivity contribution >= 4 is 18.3 Å². The summed E-state index contributed by atoms with van der Waals surface area (Å²) in [7, 11) is 0. The molecule has 2 unspecified atom stereocenters. The summed E-state index contributed by atoms with van der Waals surface area (Å²) in [6.07, 6.45) is 3.85. The zero-order valence-electron chi connectivity index (χ0n) is 12.3. The minimum atomic E-state index is -0.338. The van der Waals surface area contributed by atoms with Gasteiger partial charge in [0.15, 0.2) is 0 Å². The number of carbonyl (C=O) groups is 1. The Balaban J connectivity index is 0.00000200. The fourth-order valence-corrected chi connectivity index (χ4v) is 2.90. The maximum atomic E-state index is 12.4. The molecular weight excluding hydrogens is 272 g/mol. The highest BCUT2D eigenvalue weighted by molar-refractivity contribution is 5.85. The summed E-state index contributed by atoms with van der Waals surface area (Å²) >= 11 is 0. The van der Waals surface area contributed by atoms with Gasteiger partial charge in [-0.2, -0.15) is 0 Å². The van der Waals surface area contributed by atoms with Gasteiger partial charge in [-0.3, -0.25) is 4.79 Å². The molecule has 1 amide bonds. The van der Waals surface area contributed by atoms with Gasteiger partial charge in [-0.15, -0.1) is 12.4 Å². The maximum Gasteiger partial charge on any atom is 0.239 e. The Morgan fingerprint density at radius 2 is 2.25 bits per heavy atom. The number of amides is 1. The summed E-state index contributed by atoms with van der Waals surface area (Å²) in [5.74, 6) is 0.117. The van der Waals surface area contributed by atoms with Crippen molar-refractivity contribution in [3.8, 4) is 0 Å². The van der Waals surface area contributed by atoms with Crippen LogP contribution in [-0.4, -0.2) is 23.4 Å². The van der Waals surface area contributed by atoms with Crippen molar-refractivity contribution in [3.05, 3.63) is 35.4 Å². The van der Waals surface area contributed by atoms with Crippen LogP contribution < -0.4 is 5.73 Å². The topological polar surface area (TPSA) is 46.3 Å². The van der Waals surface area contributed by atoms with Gasteiger partial charge in [-0.1, -0.05) is 43.2 Å². The molecule has 0 aromatic heterocycles. The third-order valence-electron chi connectivity index (χ3n) is 3.88. The predicted molar refractivity (Wildman–Crippen MR) is 85.0 cm³/mol. The molecule has 1 aromatic carbocycles. The molecule has 2 rings (SSSR count). The van der Waals surface area contributed by atoms with Crippen molar-refractivity contribution < 1.29 is 4.79 Å². The quantitative estimate of drug-likeness (QED) is 0.927. The smallest absolute Gasteiger partial charge is 0.239 e. The van der Waals surface area contributed by atoms with E-state index in [2.05, 4.69) is 38.1 Å². The maximum absolute atomic E-state index is 12.4. The van der Waals surface area contributed by atoms with Gasteiger partial charge in [0, 0.05) is 6.54 Å². The average molecular weight is 297 g/mol. The van der Waals surface area contributed by atoms with Crippen LogP contribution in [-0.2, 0) is 4.79 Å². The highest BCUT2D eigenvalue weighted by Gasteiger charge is 2.32. The lowest BCUT2D eigenvalue weighted by molar-refractivity contribution is -0.133. The highest BCUT2D eigenvalue weighted by atomic mass is 35.5. The predicted octanol–water partition coefficient (Wildman–Crippen LogP) is 3.21. The fraction of sp³-hybridized carbons (Fsp3) is 0.562. The van der Waals surface area contributed by atoms with E-state index in [0.717, 1.165) is 32.2 Å². The molecule has 0 spiro atoms. The molecule has 1 aromatic rings. The van der Waals surface area contributed by atoms with Crippen molar-refractivity contribution in [1.82, 2.24) is 4.90 Å². The molecule has 4 heteroatoms. The largest absolute Gasteiger partial charge is 0.334 e. The molecule has 1 aliphatic heterocycles. The Labute approximate surface area is 127 Å². The molecule has 0 radical (unpaired) electrons. The first-order chi connectivity index (χ1) is 9.13. The number of aryl methyl sites for hydroxylation is 1. The van der Waals surface area contributed by atoms with E-state index >= 15 is 0 Å². The van der Waals surface area contributed by atoms with Gasteiger partial charge in [-0.25, -0.2) is 0 Å². The normalized spacial score (nSPS) is 19.6. The van der Waals surface area contributed by atoms with Crippen LogP contribution in [0.5, 0.6) is 0 Å². The second kappa shape index (κ2) is 7.65. The van der Waals surface area contributed by atoms with Crippen LogP contribution >= 0.6 is 12.4 Å². The number of hydrogen-bond donors (Lipinski definition) is 1. The number of nitrogens with two attached hydrogens (primary N) is 1. The van der Waals surface area contributed by atoms with Gasteiger partial charge in [0.1, 0.15) is 0 Å². The SMILES string of the molecule is CCCC(N)C(=O)N1CCCC1c1cccc(C)c1.Cl. The summed E-state index contributed by atoms with van der Waals surface area (Å²) < 4.78 is 0. The first kappa shape index (κ1) is 17.0. The Bertz CT molecular complexity index is 450. The number of nitrogens with zero attached hydrogens (tertiary/aromatic N) is 1. The molecule has 0 bridgehead atoms. The Hall–Kier alpha value is -1.06. The molecule has 2 atom stereocenters. The van der Waals surface area contributed by atoms with E-state index in [0.29, 0.717) is 0 Å². The molecule has 3 nitrogen and oxygen atoms in total. The summed E-state index contributed by atoms with van der Waals surface area (Å²) in [6, 6.07) is 8.34. The number of halogens is 1. The van der Waals surface area contributed by atoms with Gasteiger partial charge in [0.2, 0.25) is 5.91 Å². The van der Waals surface area contributed by atoms with Crippen molar-refractivity contribution in [1.29, 1.82) is 0 Å². The Morgan fingerprint density at radius 3 is 2.90 bits per heavy atom.